The summed E-state index contributed by atoms with van der Waals surface area (Å²) >= 11 is 0. The quantitative estimate of drug-likeness (QED) is 0.925. The first-order valence-corrected chi connectivity index (χ1v) is 8.66. The van der Waals surface area contributed by atoms with E-state index in [2.05, 4.69) is 19.2 Å². The molecule has 0 radical (unpaired) electrons. The Balaban J connectivity index is 2.37. The summed E-state index contributed by atoms with van der Waals surface area (Å²) in [6.07, 6.45) is 2.26. The summed E-state index contributed by atoms with van der Waals surface area (Å²) in [6.45, 7) is 4.47. The van der Waals surface area contributed by atoms with Crippen molar-refractivity contribution >= 4 is 9.84 Å². The molecular formula is C15H23NO3S. The molecule has 2 atom stereocenters. The second-order valence-electron chi connectivity index (χ2n) is 6.13. The molecule has 2 unspecified atom stereocenters. The minimum atomic E-state index is -3.26. The maximum Gasteiger partial charge on any atom is 0.179 e. The molecule has 0 spiro atoms. The van der Waals surface area contributed by atoms with E-state index in [1.54, 1.807) is 6.07 Å². The molecule has 0 aliphatic heterocycles. The van der Waals surface area contributed by atoms with Crippen molar-refractivity contribution in [3.8, 4) is 5.75 Å². The maximum absolute atomic E-state index is 11.7. The molecule has 1 aromatic rings. The van der Waals surface area contributed by atoms with Crippen LogP contribution in [0.5, 0.6) is 5.75 Å². The summed E-state index contributed by atoms with van der Waals surface area (Å²) in [5.41, 5.74) is 1.30. The SMILES string of the molecule is CNC1CC(c2ccc(S(C)(=O)=O)c(OC)c2)C1(C)C. The first-order chi connectivity index (χ1) is 9.21. The number of benzene rings is 1. The monoisotopic (exact) mass is 297 g/mol. The van der Waals surface area contributed by atoms with Crippen LogP contribution in [0.1, 0.15) is 31.7 Å². The number of ether oxygens (including phenoxy) is 1. The third kappa shape index (κ3) is 2.44. The minimum absolute atomic E-state index is 0.159. The lowest BCUT2D eigenvalue weighted by Crippen LogP contribution is -2.54. The van der Waals surface area contributed by atoms with Gasteiger partial charge in [-0.05, 0) is 42.5 Å². The number of rotatable bonds is 4. The lowest BCUT2D eigenvalue weighted by molar-refractivity contribution is 0.0750. The van der Waals surface area contributed by atoms with Gasteiger partial charge in [-0.2, -0.15) is 0 Å². The van der Waals surface area contributed by atoms with E-state index in [4.69, 9.17) is 4.74 Å². The van der Waals surface area contributed by atoms with Crippen molar-refractivity contribution in [2.24, 2.45) is 5.41 Å². The summed E-state index contributed by atoms with van der Waals surface area (Å²) in [5.74, 6) is 0.858. The van der Waals surface area contributed by atoms with Gasteiger partial charge in [0.25, 0.3) is 0 Å². The summed E-state index contributed by atoms with van der Waals surface area (Å²) in [5, 5.41) is 3.33. The van der Waals surface area contributed by atoms with Gasteiger partial charge in [0.2, 0.25) is 0 Å². The molecule has 1 fully saturated rings. The Morgan fingerprint density at radius 3 is 2.45 bits per heavy atom. The second-order valence-corrected chi connectivity index (χ2v) is 8.12. The first kappa shape index (κ1) is 15.3. The van der Waals surface area contributed by atoms with Crippen LogP contribution in [-0.4, -0.2) is 34.9 Å². The zero-order chi connectivity index (χ0) is 15.1. The number of nitrogens with one attached hydrogen (secondary N) is 1. The molecule has 5 heteroatoms. The smallest absolute Gasteiger partial charge is 0.179 e. The maximum atomic E-state index is 11.7. The Morgan fingerprint density at radius 1 is 1.35 bits per heavy atom. The van der Waals surface area contributed by atoms with Gasteiger partial charge in [-0.1, -0.05) is 19.9 Å². The summed E-state index contributed by atoms with van der Waals surface area (Å²) in [7, 11) is 0.234. The van der Waals surface area contributed by atoms with E-state index in [0.717, 1.165) is 12.0 Å². The normalized spacial score (nSPS) is 25.1. The van der Waals surface area contributed by atoms with Gasteiger partial charge in [0, 0.05) is 12.3 Å². The van der Waals surface area contributed by atoms with Crippen LogP contribution in [0.3, 0.4) is 0 Å². The second kappa shape index (κ2) is 5.04. The Bertz CT molecular complexity index is 608. The highest BCUT2D eigenvalue weighted by atomic mass is 32.2. The fraction of sp³-hybridized carbons (Fsp3) is 0.600. The van der Waals surface area contributed by atoms with Crippen molar-refractivity contribution in [2.45, 2.75) is 37.1 Å². The van der Waals surface area contributed by atoms with Gasteiger partial charge in [0.15, 0.2) is 9.84 Å². The fourth-order valence-electron chi connectivity index (χ4n) is 3.19. The topological polar surface area (TPSA) is 55.4 Å². The molecule has 1 saturated carbocycles. The summed E-state index contributed by atoms with van der Waals surface area (Å²) in [6, 6.07) is 5.94. The third-order valence-electron chi connectivity index (χ3n) is 4.61. The van der Waals surface area contributed by atoms with E-state index in [0.29, 0.717) is 17.7 Å². The zero-order valence-corrected chi connectivity index (χ0v) is 13.5. The van der Waals surface area contributed by atoms with Crippen LogP contribution in [-0.2, 0) is 9.84 Å². The molecule has 1 aliphatic rings. The van der Waals surface area contributed by atoms with Crippen molar-refractivity contribution in [3.63, 3.8) is 0 Å². The van der Waals surface area contributed by atoms with E-state index >= 15 is 0 Å². The summed E-state index contributed by atoms with van der Waals surface area (Å²) < 4.78 is 28.7. The lowest BCUT2D eigenvalue weighted by Gasteiger charge is -2.52. The van der Waals surface area contributed by atoms with Gasteiger partial charge in [-0.15, -0.1) is 0 Å². The average molecular weight is 297 g/mol. The van der Waals surface area contributed by atoms with E-state index in [1.807, 2.05) is 19.2 Å². The largest absolute Gasteiger partial charge is 0.495 e. The Hall–Kier alpha value is -1.07. The van der Waals surface area contributed by atoms with Gasteiger partial charge in [0.1, 0.15) is 10.6 Å². The van der Waals surface area contributed by atoms with Gasteiger partial charge in [0.05, 0.1) is 7.11 Å². The molecule has 0 aromatic heterocycles. The number of hydrogen-bond donors (Lipinski definition) is 1. The zero-order valence-electron chi connectivity index (χ0n) is 12.7. The molecule has 0 saturated heterocycles. The minimum Gasteiger partial charge on any atom is -0.495 e. The molecule has 20 heavy (non-hydrogen) atoms. The molecule has 4 nitrogen and oxygen atoms in total. The standard InChI is InChI=1S/C15H23NO3S/c1-15(2)11(9-14(15)16-3)10-6-7-13(20(5,17)18)12(8-10)19-4/h6-8,11,14,16H,9H2,1-5H3. The van der Waals surface area contributed by atoms with Gasteiger partial charge >= 0.3 is 0 Å². The number of sulfone groups is 1. The van der Waals surface area contributed by atoms with Crippen LogP contribution in [0.15, 0.2) is 23.1 Å². The highest BCUT2D eigenvalue weighted by molar-refractivity contribution is 7.90. The van der Waals surface area contributed by atoms with Crippen molar-refractivity contribution in [3.05, 3.63) is 23.8 Å². The van der Waals surface area contributed by atoms with E-state index in [-0.39, 0.29) is 10.3 Å². The number of methoxy groups -OCH3 is 1. The Kier molecular flexibility index (Phi) is 3.86. The predicted molar refractivity (Wildman–Crippen MR) is 80.1 cm³/mol. The van der Waals surface area contributed by atoms with Crippen LogP contribution >= 0.6 is 0 Å². The van der Waals surface area contributed by atoms with Gasteiger partial charge in [-0.25, -0.2) is 8.42 Å². The highest BCUT2D eigenvalue weighted by Crippen LogP contribution is 2.53. The Morgan fingerprint density at radius 2 is 2.00 bits per heavy atom. The summed E-state index contributed by atoms with van der Waals surface area (Å²) in [4.78, 5) is 0.256. The highest BCUT2D eigenvalue weighted by Gasteiger charge is 2.47. The lowest BCUT2D eigenvalue weighted by atomic mass is 9.56. The number of hydrogen-bond acceptors (Lipinski definition) is 4. The van der Waals surface area contributed by atoms with Crippen molar-refractivity contribution in [2.75, 3.05) is 20.4 Å². The van der Waals surface area contributed by atoms with E-state index in [9.17, 15) is 8.42 Å². The molecule has 112 valence electrons. The van der Waals surface area contributed by atoms with E-state index < -0.39 is 9.84 Å². The van der Waals surface area contributed by atoms with Crippen molar-refractivity contribution in [1.29, 1.82) is 0 Å². The molecule has 1 aromatic carbocycles. The molecular weight excluding hydrogens is 274 g/mol. The van der Waals surface area contributed by atoms with Crippen LogP contribution in [0.4, 0.5) is 0 Å². The van der Waals surface area contributed by atoms with Crippen molar-refractivity contribution < 1.29 is 13.2 Å². The van der Waals surface area contributed by atoms with Crippen LogP contribution in [0, 0.1) is 5.41 Å². The third-order valence-corrected chi connectivity index (χ3v) is 5.74. The van der Waals surface area contributed by atoms with Gasteiger partial charge in [-0.3, -0.25) is 0 Å². The molecule has 0 heterocycles. The van der Waals surface area contributed by atoms with Crippen molar-refractivity contribution in [1.82, 2.24) is 5.32 Å². The predicted octanol–water partition coefficient (Wildman–Crippen LogP) is 2.20. The molecule has 1 N–H and O–H groups in total. The fourth-order valence-corrected chi connectivity index (χ4v) is 4.01. The molecule has 2 rings (SSSR count). The van der Waals surface area contributed by atoms with Crippen LogP contribution in [0.25, 0.3) is 0 Å². The van der Waals surface area contributed by atoms with Crippen LogP contribution < -0.4 is 10.1 Å². The Labute approximate surface area is 121 Å². The van der Waals surface area contributed by atoms with E-state index in [1.165, 1.54) is 13.4 Å². The first-order valence-electron chi connectivity index (χ1n) is 6.77. The average Bonchev–Trinajstić information content (AvgIpc) is 2.36. The van der Waals surface area contributed by atoms with Crippen LogP contribution in [0.2, 0.25) is 0 Å². The molecule has 0 amide bonds. The van der Waals surface area contributed by atoms with Gasteiger partial charge < -0.3 is 10.1 Å². The molecule has 0 bridgehead atoms. The molecule has 1 aliphatic carbocycles.